The van der Waals surface area contributed by atoms with Crippen LogP contribution >= 0.6 is 0 Å². The standard InChI is InChI=1S/C15H16N2O/c1-12(17-18-11-16)13-7-9-15(10-8-13)14-5-3-2-4-6-14/h2-10H,11,16H2,1H3. The minimum absolute atomic E-state index is 0.0967. The second kappa shape index (κ2) is 5.98. The minimum atomic E-state index is 0.0967. The van der Waals surface area contributed by atoms with Crippen LogP contribution in [0.4, 0.5) is 0 Å². The van der Waals surface area contributed by atoms with E-state index in [-0.39, 0.29) is 6.73 Å². The lowest BCUT2D eigenvalue weighted by molar-refractivity contribution is 0.152. The Balaban J connectivity index is 2.20. The van der Waals surface area contributed by atoms with Gasteiger partial charge >= 0.3 is 0 Å². The average Bonchev–Trinajstić information content (AvgIpc) is 2.46. The Hall–Kier alpha value is -2.13. The molecule has 18 heavy (non-hydrogen) atoms. The Bertz CT molecular complexity index is 518. The molecule has 0 aliphatic carbocycles. The first-order chi connectivity index (χ1) is 8.81. The molecule has 0 bridgehead atoms. The van der Waals surface area contributed by atoms with E-state index in [1.165, 1.54) is 11.1 Å². The lowest BCUT2D eigenvalue weighted by Crippen LogP contribution is -2.03. The molecular formula is C15H16N2O. The summed E-state index contributed by atoms with van der Waals surface area (Å²) >= 11 is 0. The van der Waals surface area contributed by atoms with Gasteiger partial charge in [-0.2, -0.15) is 0 Å². The highest BCUT2D eigenvalue weighted by Crippen LogP contribution is 2.19. The zero-order valence-corrected chi connectivity index (χ0v) is 10.3. The van der Waals surface area contributed by atoms with Gasteiger partial charge in [0, 0.05) is 0 Å². The molecule has 0 saturated carbocycles. The lowest BCUT2D eigenvalue weighted by atomic mass is 10.0. The van der Waals surface area contributed by atoms with Crippen LogP contribution in [-0.4, -0.2) is 12.4 Å². The Kier molecular flexibility index (Phi) is 4.10. The molecule has 3 nitrogen and oxygen atoms in total. The fourth-order valence-corrected chi connectivity index (χ4v) is 1.72. The molecule has 3 heteroatoms. The van der Waals surface area contributed by atoms with Crippen molar-refractivity contribution in [1.29, 1.82) is 0 Å². The Labute approximate surface area is 107 Å². The fourth-order valence-electron chi connectivity index (χ4n) is 1.72. The Morgan fingerprint density at radius 3 is 2.22 bits per heavy atom. The van der Waals surface area contributed by atoms with Gasteiger partial charge in [-0.05, 0) is 23.6 Å². The van der Waals surface area contributed by atoms with E-state index in [4.69, 9.17) is 10.6 Å². The summed E-state index contributed by atoms with van der Waals surface area (Å²) in [5, 5.41) is 3.91. The molecule has 0 fully saturated rings. The van der Waals surface area contributed by atoms with E-state index in [1.54, 1.807) is 0 Å². The summed E-state index contributed by atoms with van der Waals surface area (Å²) in [5.74, 6) is 0. The van der Waals surface area contributed by atoms with Crippen molar-refractivity contribution < 1.29 is 4.84 Å². The predicted molar refractivity (Wildman–Crippen MR) is 74.2 cm³/mol. The second-order valence-electron chi connectivity index (χ2n) is 3.92. The van der Waals surface area contributed by atoms with Gasteiger partial charge in [-0.15, -0.1) is 0 Å². The maximum atomic E-state index is 5.23. The van der Waals surface area contributed by atoms with Crippen molar-refractivity contribution in [3.8, 4) is 11.1 Å². The van der Waals surface area contributed by atoms with Crippen LogP contribution in [0.25, 0.3) is 11.1 Å². The van der Waals surface area contributed by atoms with Crippen LogP contribution in [0.1, 0.15) is 12.5 Å². The summed E-state index contributed by atoms with van der Waals surface area (Å²) in [6.45, 7) is 1.99. The van der Waals surface area contributed by atoms with Gasteiger partial charge in [0.25, 0.3) is 0 Å². The molecule has 0 heterocycles. The third-order valence-electron chi connectivity index (χ3n) is 2.69. The SMILES string of the molecule is CC(=NOCN)c1ccc(-c2ccccc2)cc1. The van der Waals surface area contributed by atoms with Crippen molar-refractivity contribution in [2.75, 3.05) is 6.73 Å². The molecule has 0 aliphatic rings. The van der Waals surface area contributed by atoms with E-state index in [0.29, 0.717) is 0 Å². The van der Waals surface area contributed by atoms with Crippen molar-refractivity contribution in [3.05, 3.63) is 60.2 Å². The molecule has 0 amide bonds. The van der Waals surface area contributed by atoms with E-state index < -0.39 is 0 Å². The first kappa shape index (κ1) is 12.3. The monoisotopic (exact) mass is 240 g/mol. The molecule has 0 aliphatic heterocycles. The summed E-state index contributed by atoms with van der Waals surface area (Å²) < 4.78 is 0. The average molecular weight is 240 g/mol. The Morgan fingerprint density at radius 2 is 1.61 bits per heavy atom. The number of benzene rings is 2. The molecule has 0 unspecified atom stereocenters. The van der Waals surface area contributed by atoms with Gasteiger partial charge in [0.1, 0.15) is 0 Å². The van der Waals surface area contributed by atoms with E-state index in [9.17, 15) is 0 Å². The topological polar surface area (TPSA) is 47.6 Å². The maximum Gasteiger partial charge on any atom is 0.165 e. The van der Waals surface area contributed by atoms with Crippen LogP contribution in [0, 0.1) is 0 Å². The quantitative estimate of drug-likeness (QED) is 0.507. The third kappa shape index (κ3) is 2.96. The summed E-state index contributed by atoms with van der Waals surface area (Å²) in [6, 6.07) is 18.5. The van der Waals surface area contributed by atoms with Crippen molar-refractivity contribution in [2.24, 2.45) is 10.9 Å². The molecule has 0 aromatic heterocycles. The predicted octanol–water partition coefficient (Wildman–Crippen LogP) is 3.01. The number of rotatable bonds is 4. The maximum absolute atomic E-state index is 5.23. The van der Waals surface area contributed by atoms with Crippen molar-refractivity contribution in [1.82, 2.24) is 0 Å². The van der Waals surface area contributed by atoms with E-state index in [2.05, 4.69) is 29.4 Å². The smallest absolute Gasteiger partial charge is 0.165 e. The molecule has 2 aromatic rings. The Morgan fingerprint density at radius 1 is 1.00 bits per heavy atom. The van der Waals surface area contributed by atoms with Gasteiger partial charge in [0.2, 0.25) is 0 Å². The van der Waals surface area contributed by atoms with Gasteiger partial charge in [-0.3, -0.25) is 5.73 Å². The van der Waals surface area contributed by atoms with Gasteiger partial charge < -0.3 is 4.84 Å². The van der Waals surface area contributed by atoms with Crippen LogP contribution in [0.3, 0.4) is 0 Å². The molecule has 0 spiro atoms. The van der Waals surface area contributed by atoms with Crippen LogP contribution < -0.4 is 5.73 Å². The summed E-state index contributed by atoms with van der Waals surface area (Å²) in [5.41, 5.74) is 9.47. The molecule has 0 atom stereocenters. The van der Waals surface area contributed by atoms with E-state index in [1.807, 2.05) is 37.3 Å². The second-order valence-corrected chi connectivity index (χ2v) is 3.92. The molecule has 0 radical (unpaired) electrons. The van der Waals surface area contributed by atoms with Gasteiger partial charge in [-0.1, -0.05) is 59.8 Å². The highest BCUT2D eigenvalue weighted by atomic mass is 16.6. The number of oxime groups is 1. The number of hydrogen-bond donors (Lipinski definition) is 1. The summed E-state index contributed by atoms with van der Waals surface area (Å²) in [4.78, 5) is 4.83. The van der Waals surface area contributed by atoms with Crippen LogP contribution in [-0.2, 0) is 4.84 Å². The normalized spacial score (nSPS) is 11.3. The molecule has 0 saturated heterocycles. The van der Waals surface area contributed by atoms with Crippen LogP contribution in [0.5, 0.6) is 0 Å². The third-order valence-corrected chi connectivity index (χ3v) is 2.69. The summed E-state index contributed by atoms with van der Waals surface area (Å²) in [6.07, 6.45) is 0. The van der Waals surface area contributed by atoms with E-state index in [0.717, 1.165) is 11.3 Å². The first-order valence-corrected chi connectivity index (χ1v) is 5.84. The minimum Gasteiger partial charge on any atom is -0.380 e. The summed E-state index contributed by atoms with van der Waals surface area (Å²) in [7, 11) is 0. The lowest BCUT2D eigenvalue weighted by Gasteiger charge is -2.04. The van der Waals surface area contributed by atoms with Crippen molar-refractivity contribution in [2.45, 2.75) is 6.92 Å². The van der Waals surface area contributed by atoms with Gasteiger partial charge in [-0.25, -0.2) is 0 Å². The first-order valence-electron chi connectivity index (χ1n) is 5.84. The van der Waals surface area contributed by atoms with Crippen LogP contribution in [0.2, 0.25) is 0 Å². The highest BCUT2D eigenvalue weighted by Gasteiger charge is 2.00. The molecule has 2 N–H and O–H groups in total. The molecule has 2 rings (SSSR count). The van der Waals surface area contributed by atoms with Crippen LogP contribution in [0.15, 0.2) is 59.8 Å². The van der Waals surface area contributed by atoms with Crippen molar-refractivity contribution >= 4 is 5.71 Å². The molecule has 2 aromatic carbocycles. The molecule has 92 valence electrons. The largest absolute Gasteiger partial charge is 0.380 e. The number of nitrogens with two attached hydrogens (primary N) is 1. The number of nitrogens with zero attached hydrogens (tertiary/aromatic N) is 1. The van der Waals surface area contributed by atoms with Crippen molar-refractivity contribution in [3.63, 3.8) is 0 Å². The fraction of sp³-hybridized carbons (Fsp3) is 0.133. The number of hydrogen-bond acceptors (Lipinski definition) is 3. The van der Waals surface area contributed by atoms with Gasteiger partial charge in [0.15, 0.2) is 6.73 Å². The highest BCUT2D eigenvalue weighted by molar-refractivity contribution is 5.98. The zero-order valence-electron chi connectivity index (χ0n) is 10.3. The molecular weight excluding hydrogens is 224 g/mol. The van der Waals surface area contributed by atoms with E-state index >= 15 is 0 Å². The van der Waals surface area contributed by atoms with Gasteiger partial charge in [0.05, 0.1) is 5.71 Å². The zero-order chi connectivity index (χ0) is 12.8.